The Hall–Kier alpha value is -4.28. The van der Waals surface area contributed by atoms with E-state index in [-0.39, 0.29) is 45.9 Å². The maximum atomic E-state index is 13.5. The van der Waals surface area contributed by atoms with Crippen molar-refractivity contribution in [1.82, 2.24) is 24.1 Å². The van der Waals surface area contributed by atoms with Crippen molar-refractivity contribution in [3.8, 4) is 0 Å². The van der Waals surface area contributed by atoms with Crippen LogP contribution in [-0.4, -0.2) is 36.6 Å². The van der Waals surface area contributed by atoms with Crippen LogP contribution in [0.15, 0.2) is 52.1 Å². The van der Waals surface area contributed by atoms with Gasteiger partial charge in [-0.3, -0.25) is 19.0 Å². The highest BCUT2D eigenvalue weighted by molar-refractivity contribution is 5.98. The molecule has 0 saturated heterocycles. The standard InChI is InChI=1S/C25H25FN6O4/c1-3-14(2)27-22(34)15-7-10-19-20(11-15)32-24(31(23(19)35)18-8-9-18)29-30(25(32)36)13-21(33)28-17-6-4-5-16(26)12-17/h4-7,10-12,14,18H,3,8-9,13H2,1-2H3,(H,27,34)(H,28,33). The third kappa shape index (κ3) is 4.28. The molecule has 1 fully saturated rings. The number of carbonyl (C=O) groups excluding carboxylic acids is 2. The SMILES string of the molecule is CCC(C)NC(=O)c1ccc2c(=O)n(C3CC3)c3nn(CC(=O)Nc4cccc(F)c4)c(=O)n3c2c1. The number of aromatic nitrogens is 4. The fraction of sp³-hybridized carbons (Fsp3) is 0.320. The minimum atomic E-state index is -0.627. The van der Waals surface area contributed by atoms with Gasteiger partial charge in [0.2, 0.25) is 11.7 Å². The lowest BCUT2D eigenvalue weighted by Gasteiger charge is -2.13. The van der Waals surface area contributed by atoms with E-state index in [1.807, 2.05) is 13.8 Å². The van der Waals surface area contributed by atoms with Crippen molar-refractivity contribution < 1.29 is 14.0 Å². The molecule has 2 aromatic carbocycles. The number of fused-ring (bicyclic) bond motifs is 3. The van der Waals surface area contributed by atoms with Crippen LogP contribution < -0.4 is 21.9 Å². The summed E-state index contributed by atoms with van der Waals surface area (Å²) in [5.74, 6) is -1.30. The molecule has 2 N–H and O–H groups in total. The maximum Gasteiger partial charge on any atom is 0.352 e. The van der Waals surface area contributed by atoms with E-state index in [4.69, 9.17) is 0 Å². The fourth-order valence-electron chi connectivity index (χ4n) is 4.10. The predicted molar refractivity (Wildman–Crippen MR) is 132 cm³/mol. The second-order valence-corrected chi connectivity index (χ2v) is 9.06. The lowest BCUT2D eigenvalue weighted by molar-refractivity contribution is -0.117. The van der Waals surface area contributed by atoms with E-state index in [9.17, 15) is 23.6 Å². The first-order valence-corrected chi connectivity index (χ1v) is 11.8. The molecule has 1 saturated carbocycles. The summed E-state index contributed by atoms with van der Waals surface area (Å²) in [5.41, 5.74) is -0.149. The van der Waals surface area contributed by atoms with Gasteiger partial charge in [-0.25, -0.2) is 18.3 Å². The van der Waals surface area contributed by atoms with Crippen molar-refractivity contribution in [2.24, 2.45) is 0 Å². The molecule has 2 aromatic heterocycles. The van der Waals surface area contributed by atoms with E-state index < -0.39 is 24.0 Å². The number of halogens is 1. The Labute approximate surface area is 204 Å². The minimum Gasteiger partial charge on any atom is -0.350 e. The average Bonchev–Trinajstić information content (AvgIpc) is 3.63. The second kappa shape index (κ2) is 9.06. The zero-order valence-electron chi connectivity index (χ0n) is 19.8. The highest BCUT2D eigenvalue weighted by atomic mass is 19.1. The highest BCUT2D eigenvalue weighted by Gasteiger charge is 2.30. The number of rotatable bonds is 7. The van der Waals surface area contributed by atoms with Gasteiger partial charge in [0, 0.05) is 23.3 Å². The van der Waals surface area contributed by atoms with Crippen LogP contribution in [0.25, 0.3) is 16.7 Å². The first kappa shape index (κ1) is 23.5. The van der Waals surface area contributed by atoms with E-state index in [0.29, 0.717) is 5.56 Å². The fourth-order valence-corrected chi connectivity index (χ4v) is 4.10. The zero-order valence-corrected chi connectivity index (χ0v) is 19.8. The Kier molecular flexibility index (Phi) is 5.91. The van der Waals surface area contributed by atoms with Crippen LogP contribution in [0.5, 0.6) is 0 Å². The van der Waals surface area contributed by atoms with Crippen LogP contribution in [-0.2, 0) is 11.3 Å². The van der Waals surface area contributed by atoms with Gasteiger partial charge in [-0.15, -0.1) is 5.10 Å². The predicted octanol–water partition coefficient (Wildman–Crippen LogP) is 2.45. The molecule has 1 atom stereocenters. The van der Waals surface area contributed by atoms with Crippen molar-refractivity contribution in [3.05, 3.63) is 74.7 Å². The van der Waals surface area contributed by atoms with Gasteiger partial charge in [-0.2, -0.15) is 0 Å². The zero-order chi connectivity index (χ0) is 25.6. The number of amides is 2. The molecule has 2 amide bonds. The van der Waals surface area contributed by atoms with E-state index >= 15 is 0 Å². The number of anilines is 1. The summed E-state index contributed by atoms with van der Waals surface area (Å²) < 4.78 is 17.2. The normalized spacial score (nSPS) is 14.2. The van der Waals surface area contributed by atoms with Gasteiger partial charge in [-0.1, -0.05) is 13.0 Å². The Morgan fingerprint density at radius 1 is 1.17 bits per heavy atom. The van der Waals surface area contributed by atoms with Crippen LogP contribution in [0.4, 0.5) is 10.1 Å². The van der Waals surface area contributed by atoms with Crippen LogP contribution in [0.1, 0.15) is 49.5 Å². The number of hydrogen-bond donors (Lipinski definition) is 2. The molecule has 4 aromatic rings. The molecular formula is C25H25FN6O4. The van der Waals surface area contributed by atoms with Crippen molar-refractivity contribution in [2.45, 2.75) is 51.7 Å². The third-order valence-corrected chi connectivity index (χ3v) is 6.29. The van der Waals surface area contributed by atoms with E-state index in [0.717, 1.165) is 30.0 Å². The summed E-state index contributed by atoms with van der Waals surface area (Å²) in [7, 11) is 0. The van der Waals surface area contributed by atoms with Gasteiger partial charge in [0.05, 0.1) is 10.9 Å². The molecule has 36 heavy (non-hydrogen) atoms. The molecule has 10 nitrogen and oxygen atoms in total. The van der Waals surface area contributed by atoms with Gasteiger partial charge in [0.1, 0.15) is 12.4 Å². The Morgan fingerprint density at radius 3 is 2.64 bits per heavy atom. The lowest BCUT2D eigenvalue weighted by Crippen LogP contribution is -2.32. The van der Waals surface area contributed by atoms with Crippen molar-refractivity contribution >= 4 is 34.2 Å². The van der Waals surface area contributed by atoms with E-state index in [2.05, 4.69) is 15.7 Å². The van der Waals surface area contributed by atoms with Gasteiger partial charge >= 0.3 is 5.69 Å². The summed E-state index contributed by atoms with van der Waals surface area (Å²) in [6.07, 6.45) is 2.30. The molecule has 0 spiro atoms. The van der Waals surface area contributed by atoms with E-state index in [1.165, 1.54) is 33.2 Å². The lowest BCUT2D eigenvalue weighted by atomic mass is 10.1. The summed E-state index contributed by atoms with van der Waals surface area (Å²) in [5, 5.41) is 10.0. The minimum absolute atomic E-state index is 0.0434. The topological polar surface area (TPSA) is 120 Å². The Balaban J connectivity index is 1.60. The summed E-state index contributed by atoms with van der Waals surface area (Å²) in [6, 6.07) is 9.87. The monoisotopic (exact) mass is 492 g/mol. The Morgan fingerprint density at radius 2 is 1.94 bits per heavy atom. The number of benzene rings is 2. The van der Waals surface area contributed by atoms with Crippen LogP contribution >= 0.6 is 0 Å². The molecule has 0 aliphatic heterocycles. The molecule has 0 bridgehead atoms. The van der Waals surface area contributed by atoms with Gasteiger partial charge < -0.3 is 10.6 Å². The smallest absolute Gasteiger partial charge is 0.350 e. The van der Waals surface area contributed by atoms with Crippen molar-refractivity contribution in [1.29, 1.82) is 0 Å². The van der Waals surface area contributed by atoms with Crippen LogP contribution in [0.3, 0.4) is 0 Å². The quantitative estimate of drug-likeness (QED) is 0.411. The Bertz CT molecular complexity index is 1630. The first-order chi connectivity index (χ1) is 17.3. The largest absolute Gasteiger partial charge is 0.352 e. The maximum absolute atomic E-state index is 13.5. The van der Waals surface area contributed by atoms with Gasteiger partial charge in [0.15, 0.2) is 0 Å². The molecule has 1 aliphatic carbocycles. The molecule has 1 aliphatic rings. The molecule has 2 heterocycles. The molecule has 1 unspecified atom stereocenters. The molecule has 0 radical (unpaired) electrons. The van der Waals surface area contributed by atoms with Crippen LogP contribution in [0.2, 0.25) is 0 Å². The van der Waals surface area contributed by atoms with Gasteiger partial charge in [0.25, 0.3) is 11.5 Å². The summed E-state index contributed by atoms with van der Waals surface area (Å²) in [6.45, 7) is 3.40. The number of hydrogen-bond acceptors (Lipinski definition) is 5. The average molecular weight is 493 g/mol. The third-order valence-electron chi connectivity index (χ3n) is 6.29. The molecule has 186 valence electrons. The molecule has 11 heteroatoms. The summed E-state index contributed by atoms with van der Waals surface area (Å²) in [4.78, 5) is 52.0. The number of nitrogens with zero attached hydrogens (tertiary/aromatic N) is 4. The van der Waals surface area contributed by atoms with E-state index in [1.54, 1.807) is 12.1 Å². The van der Waals surface area contributed by atoms with Gasteiger partial charge in [-0.05, 0) is 62.6 Å². The first-order valence-electron chi connectivity index (χ1n) is 11.8. The number of nitrogens with one attached hydrogen (secondary N) is 2. The summed E-state index contributed by atoms with van der Waals surface area (Å²) >= 11 is 0. The number of carbonyl (C=O) groups is 2. The van der Waals surface area contributed by atoms with Crippen molar-refractivity contribution in [2.75, 3.05) is 5.32 Å². The van der Waals surface area contributed by atoms with Crippen LogP contribution in [0, 0.1) is 5.82 Å². The highest BCUT2D eigenvalue weighted by Crippen LogP contribution is 2.35. The molecular weight excluding hydrogens is 467 g/mol. The molecule has 5 rings (SSSR count). The second-order valence-electron chi connectivity index (χ2n) is 9.06. The van der Waals surface area contributed by atoms with Crippen molar-refractivity contribution in [3.63, 3.8) is 0 Å².